The average Bonchev–Trinajstić information content (AvgIpc) is 3.37. The van der Waals surface area contributed by atoms with E-state index in [0.717, 1.165) is 22.9 Å². The second-order valence-corrected chi connectivity index (χ2v) is 7.95. The van der Waals surface area contributed by atoms with Gasteiger partial charge in [0.15, 0.2) is 15.8 Å². The zero-order valence-corrected chi connectivity index (χ0v) is 17.9. The highest BCUT2D eigenvalue weighted by Crippen LogP contribution is 2.34. The number of carbonyl (C=O) groups is 1. The Balaban J connectivity index is 1.71. The van der Waals surface area contributed by atoms with E-state index in [2.05, 4.69) is 29.8 Å². The molecule has 0 aliphatic rings. The van der Waals surface area contributed by atoms with Crippen molar-refractivity contribution in [3.63, 3.8) is 0 Å². The van der Waals surface area contributed by atoms with Gasteiger partial charge in [0.1, 0.15) is 16.0 Å². The second-order valence-electron chi connectivity index (χ2n) is 6.16. The molecule has 12 heteroatoms. The summed E-state index contributed by atoms with van der Waals surface area (Å²) in [5.41, 5.74) is 2.66. The summed E-state index contributed by atoms with van der Waals surface area (Å²) >= 11 is 2.17. The van der Waals surface area contributed by atoms with Crippen LogP contribution in [0.15, 0.2) is 28.4 Å². The van der Waals surface area contributed by atoms with Crippen molar-refractivity contribution in [2.75, 3.05) is 6.61 Å². The number of fused-ring (bicyclic) bond motifs is 3. The van der Waals surface area contributed by atoms with Gasteiger partial charge in [0.2, 0.25) is 0 Å². The molecule has 3 heterocycles. The average molecular weight is 448 g/mol. The molecule has 0 aliphatic carbocycles. The van der Waals surface area contributed by atoms with Crippen LogP contribution in [0, 0.1) is 29.6 Å². The molecule has 0 radical (unpaired) electrons. The Morgan fingerprint density at radius 1 is 1.23 bits per heavy atom. The fraction of sp³-hybridized carbons (Fsp3) is 0.211. The summed E-state index contributed by atoms with van der Waals surface area (Å²) in [6, 6.07) is 9.03. The first-order valence-electron chi connectivity index (χ1n) is 8.97. The predicted octanol–water partition coefficient (Wildman–Crippen LogP) is 4.73. The molecule has 0 amide bonds. The number of aryl methyl sites for hydroxylation is 1. The minimum atomic E-state index is -0.932. The third kappa shape index (κ3) is 3.82. The molecular formula is C19H12N8O2S2. The van der Waals surface area contributed by atoms with Gasteiger partial charge >= 0.3 is 5.97 Å². The van der Waals surface area contributed by atoms with Crippen LogP contribution in [-0.2, 0) is 4.74 Å². The fourth-order valence-corrected chi connectivity index (χ4v) is 4.32. The lowest BCUT2D eigenvalue weighted by atomic mass is 10.2. The normalized spacial score (nSPS) is 11.3. The van der Waals surface area contributed by atoms with Crippen LogP contribution in [0.4, 0.5) is 10.7 Å². The molecule has 152 valence electrons. The van der Waals surface area contributed by atoms with Gasteiger partial charge in [-0.3, -0.25) is 0 Å². The summed E-state index contributed by atoms with van der Waals surface area (Å²) in [5.74, 6) is -1.41. The van der Waals surface area contributed by atoms with Gasteiger partial charge in [-0.1, -0.05) is 11.3 Å². The summed E-state index contributed by atoms with van der Waals surface area (Å²) in [4.78, 5) is 16.7. The Kier molecular flexibility index (Phi) is 5.58. The smallest absolute Gasteiger partial charge is 0.352 e. The maximum atomic E-state index is 12.1. The summed E-state index contributed by atoms with van der Waals surface area (Å²) in [7, 11) is 0. The highest BCUT2D eigenvalue weighted by atomic mass is 32.1. The van der Waals surface area contributed by atoms with E-state index >= 15 is 0 Å². The van der Waals surface area contributed by atoms with Crippen LogP contribution < -0.4 is 0 Å². The lowest BCUT2D eigenvalue weighted by molar-refractivity contribution is 0.0534. The highest BCUT2D eigenvalue weighted by molar-refractivity contribution is 7.15. The number of aromatic nitrogens is 4. The Bertz CT molecular complexity index is 1410. The van der Waals surface area contributed by atoms with Crippen LogP contribution in [-0.4, -0.2) is 32.1 Å². The topological polar surface area (TPSA) is 150 Å². The van der Waals surface area contributed by atoms with Crippen molar-refractivity contribution in [3.05, 3.63) is 33.8 Å². The number of hydrogen-bond acceptors (Lipinski definition) is 12. The standard InChI is InChI=1S/C19H12N8O2S2/c1-3-29-19(28)16-15-14(27-31-16)12-6-11(4-5-13(12)24-25-15)23-26-17-9(2)22-18(30-17)10(7-20)8-21/h4-6,10H,3H2,1-2H3. The van der Waals surface area contributed by atoms with Gasteiger partial charge < -0.3 is 4.74 Å². The van der Waals surface area contributed by atoms with Crippen LogP contribution >= 0.6 is 22.9 Å². The monoisotopic (exact) mass is 448 g/mol. The molecule has 0 atom stereocenters. The Morgan fingerprint density at radius 3 is 2.77 bits per heavy atom. The molecule has 0 aliphatic heterocycles. The van der Waals surface area contributed by atoms with E-state index in [1.165, 1.54) is 0 Å². The summed E-state index contributed by atoms with van der Waals surface area (Å²) in [6.45, 7) is 3.73. The SMILES string of the molecule is CCOC(=O)c1snc2c1nnc1ccc(N=Nc3sc(C(C#N)C#N)nc3C)cc12. The van der Waals surface area contributed by atoms with E-state index in [1.54, 1.807) is 32.0 Å². The number of hydrogen-bond donors (Lipinski definition) is 0. The Morgan fingerprint density at radius 2 is 2.03 bits per heavy atom. The van der Waals surface area contributed by atoms with E-state index < -0.39 is 11.9 Å². The molecule has 0 bridgehead atoms. The zero-order valence-electron chi connectivity index (χ0n) is 16.2. The zero-order chi connectivity index (χ0) is 22.0. The summed E-state index contributed by atoms with van der Waals surface area (Å²) in [5, 5.41) is 36.4. The van der Waals surface area contributed by atoms with Gasteiger partial charge in [-0.25, -0.2) is 9.78 Å². The number of carbonyl (C=O) groups excluding carboxylic acids is 1. The van der Waals surface area contributed by atoms with Gasteiger partial charge in [0.25, 0.3) is 0 Å². The van der Waals surface area contributed by atoms with Crippen molar-refractivity contribution >= 4 is 61.5 Å². The van der Waals surface area contributed by atoms with Gasteiger partial charge in [-0.15, -0.1) is 20.4 Å². The van der Waals surface area contributed by atoms with Crippen molar-refractivity contribution in [3.8, 4) is 12.1 Å². The third-order valence-corrected chi connectivity index (χ3v) is 6.09. The molecule has 31 heavy (non-hydrogen) atoms. The van der Waals surface area contributed by atoms with E-state index in [1.807, 2.05) is 12.1 Å². The molecule has 4 aromatic rings. The lowest BCUT2D eigenvalue weighted by Crippen LogP contribution is -2.03. The summed E-state index contributed by atoms with van der Waals surface area (Å²) < 4.78 is 9.41. The number of rotatable bonds is 5. The van der Waals surface area contributed by atoms with Gasteiger partial charge in [0, 0.05) is 5.39 Å². The maximum Gasteiger partial charge on any atom is 0.352 e. The van der Waals surface area contributed by atoms with Crippen LogP contribution in [0.3, 0.4) is 0 Å². The first-order chi connectivity index (χ1) is 15.0. The van der Waals surface area contributed by atoms with Gasteiger partial charge in [0.05, 0.1) is 35.6 Å². The molecule has 10 nitrogen and oxygen atoms in total. The van der Waals surface area contributed by atoms with E-state index in [4.69, 9.17) is 15.3 Å². The van der Waals surface area contributed by atoms with Crippen LogP contribution in [0.25, 0.3) is 21.9 Å². The number of ether oxygens (including phenoxy) is 1. The van der Waals surface area contributed by atoms with Gasteiger partial charge in [-0.2, -0.15) is 14.9 Å². The van der Waals surface area contributed by atoms with E-state index in [-0.39, 0.29) is 6.61 Å². The highest BCUT2D eigenvalue weighted by Gasteiger charge is 2.19. The summed E-state index contributed by atoms with van der Waals surface area (Å²) in [6.07, 6.45) is 0. The minimum absolute atomic E-state index is 0.256. The van der Waals surface area contributed by atoms with Crippen molar-refractivity contribution in [1.29, 1.82) is 10.5 Å². The fourth-order valence-electron chi connectivity index (χ4n) is 2.72. The largest absolute Gasteiger partial charge is 0.462 e. The van der Waals surface area contributed by atoms with E-state index in [9.17, 15) is 4.79 Å². The second kappa shape index (κ2) is 8.47. The maximum absolute atomic E-state index is 12.1. The molecule has 0 saturated heterocycles. The molecule has 0 saturated carbocycles. The predicted molar refractivity (Wildman–Crippen MR) is 114 cm³/mol. The first-order valence-corrected chi connectivity index (χ1v) is 10.6. The third-order valence-electron chi connectivity index (χ3n) is 4.17. The van der Waals surface area contributed by atoms with E-state index in [0.29, 0.717) is 48.2 Å². The molecule has 3 aromatic heterocycles. The van der Waals surface area contributed by atoms with Crippen molar-refractivity contribution in [1.82, 2.24) is 19.6 Å². The Hall–Kier alpha value is -3.87. The van der Waals surface area contributed by atoms with Crippen molar-refractivity contribution in [2.24, 2.45) is 10.2 Å². The van der Waals surface area contributed by atoms with Crippen LogP contribution in [0.2, 0.25) is 0 Å². The molecule has 0 fully saturated rings. The van der Waals surface area contributed by atoms with Gasteiger partial charge in [-0.05, 0) is 43.6 Å². The number of nitriles is 2. The molecule has 1 aromatic carbocycles. The van der Waals surface area contributed by atoms with Crippen LogP contribution in [0.1, 0.15) is 33.2 Å². The van der Waals surface area contributed by atoms with Crippen LogP contribution in [0.5, 0.6) is 0 Å². The molecule has 4 rings (SSSR count). The molecule has 0 unspecified atom stereocenters. The number of benzene rings is 1. The Labute approximate surface area is 183 Å². The first kappa shape index (κ1) is 20.4. The number of azo groups is 1. The molecule has 0 N–H and O–H groups in total. The number of nitrogens with zero attached hydrogens (tertiary/aromatic N) is 8. The molecule has 0 spiro atoms. The molecular weight excluding hydrogens is 436 g/mol. The number of thiazole rings is 1. The minimum Gasteiger partial charge on any atom is -0.462 e. The number of esters is 1. The van der Waals surface area contributed by atoms with Crippen molar-refractivity contribution in [2.45, 2.75) is 19.8 Å². The lowest BCUT2D eigenvalue weighted by Gasteiger charge is -2.00. The quantitative estimate of drug-likeness (QED) is 0.314. The van der Waals surface area contributed by atoms with Crippen molar-refractivity contribution < 1.29 is 9.53 Å².